The standard InChI is InChI=1S/C21H17Cl3N2O3S2/c1-12-3-7-15(8-4-12)26-18(28)17(31-20(26)30)11-14-5-9-16(10-6-14)29-19(21(22,23)24)25-13(2)27/h3-11,19H,1-2H3,(H,25,27)/b17-11-/t19-/m1/s1. The van der Waals surface area contributed by atoms with Crippen molar-refractivity contribution in [3.63, 3.8) is 0 Å². The van der Waals surface area contributed by atoms with Crippen LogP contribution in [-0.2, 0) is 9.59 Å². The Morgan fingerprint density at radius 3 is 2.32 bits per heavy atom. The molecule has 0 unspecified atom stereocenters. The molecule has 0 spiro atoms. The van der Waals surface area contributed by atoms with E-state index in [1.54, 1.807) is 30.3 Å². The molecule has 0 radical (unpaired) electrons. The summed E-state index contributed by atoms with van der Waals surface area (Å²) >= 11 is 24.2. The summed E-state index contributed by atoms with van der Waals surface area (Å²) in [6, 6.07) is 14.4. The van der Waals surface area contributed by atoms with Gasteiger partial charge in [-0.05, 0) is 42.8 Å². The van der Waals surface area contributed by atoms with E-state index in [9.17, 15) is 9.59 Å². The molecule has 3 rings (SSSR count). The van der Waals surface area contributed by atoms with E-state index in [1.165, 1.54) is 23.6 Å². The topological polar surface area (TPSA) is 58.6 Å². The van der Waals surface area contributed by atoms with Crippen LogP contribution in [0.4, 0.5) is 5.69 Å². The first-order chi connectivity index (χ1) is 14.5. The average molecular weight is 516 g/mol. The van der Waals surface area contributed by atoms with E-state index in [0.29, 0.717) is 15.0 Å². The largest absolute Gasteiger partial charge is 0.466 e. The summed E-state index contributed by atoms with van der Waals surface area (Å²) in [7, 11) is 0. The van der Waals surface area contributed by atoms with E-state index in [4.69, 9.17) is 51.8 Å². The van der Waals surface area contributed by atoms with Gasteiger partial charge in [-0.3, -0.25) is 14.5 Å². The minimum absolute atomic E-state index is 0.180. The summed E-state index contributed by atoms with van der Waals surface area (Å²) in [5.41, 5.74) is 2.60. The zero-order chi connectivity index (χ0) is 22.8. The fraction of sp³-hybridized carbons (Fsp3) is 0.190. The van der Waals surface area contributed by atoms with Crippen LogP contribution in [0.1, 0.15) is 18.1 Å². The zero-order valence-electron chi connectivity index (χ0n) is 16.4. The number of rotatable bonds is 5. The molecular formula is C21H17Cl3N2O3S2. The molecule has 1 atom stereocenters. The van der Waals surface area contributed by atoms with Crippen molar-refractivity contribution in [2.24, 2.45) is 0 Å². The second-order valence-corrected chi connectivity index (χ2v) is 10.7. The lowest BCUT2D eigenvalue weighted by Crippen LogP contribution is -2.47. The SMILES string of the molecule is CC(=O)N[C@H](Oc1ccc(/C=C2\SC(=S)N(c3ccc(C)cc3)C2=O)cc1)C(Cl)(Cl)Cl. The first kappa shape index (κ1) is 23.9. The summed E-state index contributed by atoms with van der Waals surface area (Å²) in [6.07, 6.45) is 0.587. The third-order valence-electron chi connectivity index (χ3n) is 4.15. The van der Waals surface area contributed by atoms with E-state index in [1.807, 2.05) is 31.2 Å². The van der Waals surface area contributed by atoms with Gasteiger partial charge < -0.3 is 10.1 Å². The van der Waals surface area contributed by atoms with Gasteiger partial charge in [-0.1, -0.05) is 88.6 Å². The van der Waals surface area contributed by atoms with E-state index < -0.39 is 15.9 Å². The lowest BCUT2D eigenvalue weighted by Gasteiger charge is -2.25. The second-order valence-electron chi connectivity index (χ2n) is 6.66. The Labute approximate surface area is 204 Å². The molecule has 0 aromatic heterocycles. The minimum Gasteiger partial charge on any atom is -0.466 e. The number of benzene rings is 2. The highest BCUT2D eigenvalue weighted by Crippen LogP contribution is 2.36. The molecule has 1 saturated heterocycles. The normalized spacial score (nSPS) is 16.5. The van der Waals surface area contributed by atoms with Gasteiger partial charge in [0.1, 0.15) is 5.75 Å². The molecule has 0 aliphatic carbocycles. The van der Waals surface area contributed by atoms with Crippen LogP contribution in [-0.4, -0.2) is 26.2 Å². The fourth-order valence-corrected chi connectivity index (χ4v) is 4.27. The third-order valence-corrected chi connectivity index (χ3v) is 6.05. The number of carbonyl (C=O) groups is 2. The van der Waals surface area contributed by atoms with Gasteiger partial charge in [0, 0.05) is 6.92 Å². The smallest absolute Gasteiger partial charge is 0.270 e. The molecule has 10 heteroatoms. The molecule has 2 amide bonds. The highest BCUT2D eigenvalue weighted by molar-refractivity contribution is 8.27. The highest BCUT2D eigenvalue weighted by atomic mass is 35.6. The van der Waals surface area contributed by atoms with Gasteiger partial charge in [-0.15, -0.1) is 0 Å². The molecule has 0 bridgehead atoms. The predicted octanol–water partition coefficient (Wildman–Crippen LogP) is 5.61. The number of nitrogens with one attached hydrogen (secondary N) is 1. The van der Waals surface area contributed by atoms with Gasteiger partial charge in [-0.25, -0.2) is 0 Å². The van der Waals surface area contributed by atoms with Crippen LogP contribution in [0.5, 0.6) is 5.75 Å². The molecule has 31 heavy (non-hydrogen) atoms. The van der Waals surface area contributed by atoms with Gasteiger partial charge in [0.05, 0.1) is 10.6 Å². The lowest BCUT2D eigenvalue weighted by molar-refractivity contribution is -0.121. The number of aryl methyl sites for hydroxylation is 1. The monoisotopic (exact) mass is 514 g/mol. The van der Waals surface area contributed by atoms with E-state index >= 15 is 0 Å². The number of thiocarbonyl (C=S) groups is 1. The molecule has 5 nitrogen and oxygen atoms in total. The minimum atomic E-state index is -1.85. The van der Waals surface area contributed by atoms with E-state index in [2.05, 4.69) is 5.32 Å². The number of hydrogen-bond acceptors (Lipinski definition) is 5. The Kier molecular flexibility index (Phi) is 7.55. The second kappa shape index (κ2) is 9.79. The molecule has 2 aromatic rings. The lowest BCUT2D eigenvalue weighted by atomic mass is 10.2. The Morgan fingerprint density at radius 1 is 1.16 bits per heavy atom. The Morgan fingerprint density at radius 2 is 1.77 bits per heavy atom. The van der Waals surface area contributed by atoms with Crippen LogP contribution >= 0.6 is 58.8 Å². The van der Waals surface area contributed by atoms with Crippen molar-refractivity contribution in [1.29, 1.82) is 0 Å². The molecule has 1 aliphatic heterocycles. The van der Waals surface area contributed by atoms with Gasteiger partial charge in [-0.2, -0.15) is 0 Å². The van der Waals surface area contributed by atoms with Crippen LogP contribution < -0.4 is 15.0 Å². The third kappa shape index (κ3) is 6.14. The summed E-state index contributed by atoms with van der Waals surface area (Å²) in [6.45, 7) is 3.27. The zero-order valence-corrected chi connectivity index (χ0v) is 20.3. The molecular weight excluding hydrogens is 499 g/mol. The Bertz CT molecular complexity index is 1040. The fourth-order valence-electron chi connectivity index (χ4n) is 2.68. The maximum absolute atomic E-state index is 12.9. The molecule has 1 N–H and O–H groups in total. The number of amides is 2. The number of ether oxygens (including phenoxy) is 1. The quantitative estimate of drug-likeness (QED) is 0.243. The summed E-state index contributed by atoms with van der Waals surface area (Å²) < 4.78 is 4.21. The number of alkyl halides is 3. The van der Waals surface area contributed by atoms with Crippen LogP contribution in [0.15, 0.2) is 53.4 Å². The van der Waals surface area contributed by atoms with Crippen LogP contribution in [0.3, 0.4) is 0 Å². The number of anilines is 1. The van der Waals surface area contributed by atoms with Crippen molar-refractivity contribution in [3.8, 4) is 5.75 Å². The summed E-state index contributed by atoms with van der Waals surface area (Å²) in [5, 5.41) is 2.44. The molecule has 0 saturated carbocycles. The molecule has 2 aromatic carbocycles. The van der Waals surface area contributed by atoms with Crippen molar-refractivity contribution in [2.45, 2.75) is 23.9 Å². The van der Waals surface area contributed by atoms with Gasteiger partial charge in [0.25, 0.3) is 5.91 Å². The van der Waals surface area contributed by atoms with E-state index in [0.717, 1.165) is 16.8 Å². The van der Waals surface area contributed by atoms with Gasteiger partial charge in [0.15, 0.2) is 4.32 Å². The Balaban J connectivity index is 1.75. The Hall–Kier alpha value is -1.77. The number of nitrogens with zero attached hydrogens (tertiary/aromatic N) is 1. The van der Waals surface area contributed by atoms with E-state index in [-0.39, 0.29) is 5.91 Å². The highest BCUT2D eigenvalue weighted by Gasteiger charge is 2.36. The number of hydrogen-bond donors (Lipinski definition) is 1. The molecule has 1 aliphatic rings. The summed E-state index contributed by atoms with van der Waals surface area (Å²) in [4.78, 5) is 26.2. The number of halogens is 3. The van der Waals surface area contributed by atoms with Crippen molar-refractivity contribution in [3.05, 3.63) is 64.6 Å². The van der Waals surface area contributed by atoms with Crippen molar-refractivity contribution >= 4 is 86.7 Å². The van der Waals surface area contributed by atoms with Gasteiger partial charge in [0.2, 0.25) is 15.9 Å². The van der Waals surface area contributed by atoms with Crippen LogP contribution in [0.25, 0.3) is 6.08 Å². The van der Waals surface area contributed by atoms with Crippen LogP contribution in [0, 0.1) is 6.92 Å². The molecule has 1 fully saturated rings. The van der Waals surface area contributed by atoms with Gasteiger partial charge >= 0.3 is 0 Å². The summed E-state index contributed by atoms with van der Waals surface area (Å²) in [5.74, 6) is -0.195. The average Bonchev–Trinajstić information content (AvgIpc) is 2.96. The maximum atomic E-state index is 12.9. The van der Waals surface area contributed by atoms with Crippen molar-refractivity contribution in [2.75, 3.05) is 4.90 Å². The van der Waals surface area contributed by atoms with Crippen LogP contribution in [0.2, 0.25) is 0 Å². The maximum Gasteiger partial charge on any atom is 0.270 e. The number of carbonyl (C=O) groups excluding carboxylic acids is 2. The predicted molar refractivity (Wildman–Crippen MR) is 132 cm³/mol. The number of thioether (sulfide) groups is 1. The first-order valence-corrected chi connectivity index (χ1v) is 11.4. The van der Waals surface area contributed by atoms with Crippen molar-refractivity contribution < 1.29 is 14.3 Å². The molecule has 1 heterocycles. The molecule has 162 valence electrons. The first-order valence-electron chi connectivity index (χ1n) is 9.00. The van der Waals surface area contributed by atoms with Crippen molar-refractivity contribution in [1.82, 2.24) is 5.32 Å².